The third kappa shape index (κ3) is 1.63. The number of carbonyl (C=O) groups excluding carboxylic acids is 1. The average Bonchev–Trinajstić information content (AvgIpc) is 2.26. The van der Waals surface area contributed by atoms with E-state index in [1.165, 1.54) is 12.1 Å². The van der Waals surface area contributed by atoms with Crippen LogP contribution in [-0.2, 0) is 4.79 Å². The maximum Gasteiger partial charge on any atom is 0.227 e. The van der Waals surface area contributed by atoms with Crippen molar-refractivity contribution in [3.63, 3.8) is 0 Å². The number of benzene rings is 1. The van der Waals surface area contributed by atoms with Gasteiger partial charge in [0.15, 0.2) is 0 Å². The molecule has 1 aromatic carbocycles. The largest absolute Gasteiger partial charge is 0.326 e. The summed E-state index contributed by atoms with van der Waals surface area (Å²) in [4.78, 5) is 12.1. The van der Waals surface area contributed by atoms with E-state index in [0.29, 0.717) is 5.69 Å². The van der Waals surface area contributed by atoms with Gasteiger partial charge in [0, 0.05) is 17.1 Å². The molecule has 0 heterocycles. The van der Waals surface area contributed by atoms with Gasteiger partial charge >= 0.3 is 0 Å². The summed E-state index contributed by atoms with van der Waals surface area (Å²) in [5.41, 5.74) is 6.79. The number of hydrogen-bond donors (Lipinski definition) is 2. The third-order valence-electron chi connectivity index (χ3n) is 4.54. The molecule has 4 heteroatoms. The van der Waals surface area contributed by atoms with Crippen molar-refractivity contribution < 1.29 is 9.18 Å². The molecule has 0 aromatic heterocycles. The summed E-state index contributed by atoms with van der Waals surface area (Å²) in [7, 11) is 0. The van der Waals surface area contributed by atoms with Gasteiger partial charge in [-0.3, -0.25) is 4.79 Å². The van der Waals surface area contributed by atoms with E-state index in [1.54, 1.807) is 12.1 Å². The molecule has 3 N–H and O–H groups in total. The lowest BCUT2D eigenvalue weighted by atomic mass is 9.36. The maximum absolute atomic E-state index is 12.8. The fourth-order valence-electron chi connectivity index (χ4n) is 3.47. The van der Waals surface area contributed by atoms with Gasteiger partial charge in [0.25, 0.3) is 0 Å². The molecule has 3 aliphatic rings. The molecule has 18 heavy (non-hydrogen) atoms. The highest BCUT2D eigenvalue weighted by Crippen LogP contribution is 2.69. The van der Waals surface area contributed by atoms with Crippen molar-refractivity contribution in [2.24, 2.45) is 17.1 Å². The van der Waals surface area contributed by atoms with Crippen LogP contribution in [0.25, 0.3) is 0 Å². The molecule has 0 saturated heterocycles. The summed E-state index contributed by atoms with van der Waals surface area (Å²) in [6.45, 7) is 1.96. The first kappa shape index (κ1) is 11.7. The van der Waals surface area contributed by atoms with E-state index in [4.69, 9.17) is 5.73 Å². The van der Waals surface area contributed by atoms with Gasteiger partial charge in [0.1, 0.15) is 5.82 Å². The van der Waals surface area contributed by atoms with Crippen LogP contribution >= 0.6 is 0 Å². The SMILES string of the molecule is CC(C(=O)Nc1ccc(F)cc1)C12CC(N)(C1)C2. The molecule has 1 atom stereocenters. The highest BCUT2D eigenvalue weighted by molar-refractivity contribution is 5.93. The van der Waals surface area contributed by atoms with Crippen LogP contribution in [0, 0.1) is 17.2 Å². The van der Waals surface area contributed by atoms with Gasteiger partial charge in [0.05, 0.1) is 0 Å². The second kappa shape index (κ2) is 3.54. The smallest absolute Gasteiger partial charge is 0.227 e. The Bertz CT molecular complexity index is 477. The lowest BCUT2D eigenvalue weighted by molar-refractivity contribution is -0.174. The van der Waals surface area contributed by atoms with E-state index < -0.39 is 0 Å². The minimum absolute atomic E-state index is 0.00311. The van der Waals surface area contributed by atoms with E-state index in [0.717, 1.165) is 19.3 Å². The predicted octanol–water partition coefficient (Wildman–Crippen LogP) is 2.28. The van der Waals surface area contributed by atoms with E-state index in [1.807, 2.05) is 6.92 Å². The molecule has 0 spiro atoms. The summed E-state index contributed by atoms with van der Waals surface area (Å²) < 4.78 is 12.8. The summed E-state index contributed by atoms with van der Waals surface area (Å²) in [5.74, 6) is -0.332. The zero-order valence-corrected chi connectivity index (χ0v) is 10.4. The van der Waals surface area contributed by atoms with E-state index in [9.17, 15) is 9.18 Å². The Morgan fingerprint density at radius 1 is 1.33 bits per heavy atom. The first-order chi connectivity index (χ1) is 8.42. The van der Waals surface area contributed by atoms with Crippen LogP contribution in [-0.4, -0.2) is 11.4 Å². The van der Waals surface area contributed by atoms with Crippen molar-refractivity contribution in [3.05, 3.63) is 30.1 Å². The second-order valence-corrected chi connectivity index (χ2v) is 5.97. The van der Waals surface area contributed by atoms with Crippen molar-refractivity contribution in [1.29, 1.82) is 0 Å². The number of anilines is 1. The van der Waals surface area contributed by atoms with Gasteiger partial charge < -0.3 is 11.1 Å². The molecule has 1 unspecified atom stereocenters. The third-order valence-corrected chi connectivity index (χ3v) is 4.54. The summed E-state index contributed by atoms with van der Waals surface area (Å²) >= 11 is 0. The summed E-state index contributed by atoms with van der Waals surface area (Å²) in [6.07, 6.45) is 2.87. The number of nitrogens with one attached hydrogen (secondary N) is 1. The van der Waals surface area contributed by atoms with Gasteiger partial charge in [-0.05, 0) is 48.9 Å². The zero-order valence-electron chi connectivity index (χ0n) is 10.4. The van der Waals surface area contributed by atoms with E-state index in [-0.39, 0.29) is 28.6 Å². The first-order valence-electron chi connectivity index (χ1n) is 6.28. The topological polar surface area (TPSA) is 55.1 Å². The number of carbonyl (C=O) groups is 1. The predicted molar refractivity (Wildman–Crippen MR) is 67.4 cm³/mol. The van der Waals surface area contributed by atoms with Crippen LogP contribution in [0.5, 0.6) is 0 Å². The molecule has 2 bridgehead atoms. The monoisotopic (exact) mass is 248 g/mol. The Hall–Kier alpha value is -1.42. The van der Waals surface area contributed by atoms with Crippen molar-refractivity contribution in [2.45, 2.75) is 31.7 Å². The van der Waals surface area contributed by atoms with Crippen molar-refractivity contribution in [3.8, 4) is 0 Å². The molecule has 3 saturated carbocycles. The molecule has 3 fully saturated rings. The van der Waals surface area contributed by atoms with Crippen molar-refractivity contribution >= 4 is 11.6 Å². The van der Waals surface area contributed by atoms with Crippen LogP contribution in [0.1, 0.15) is 26.2 Å². The number of rotatable bonds is 3. The van der Waals surface area contributed by atoms with Crippen LogP contribution in [0.15, 0.2) is 24.3 Å². The Labute approximate surface area is 106 Å². The quantitative estimate of drug-likeness (QED) is 0.862. The van der Waals surface area contributed by atoms with Crippen LogP contribution in [0.3, 0.4) is 0 Å². The standard InChI is InChI=1S/C14H17FN2O/c1-9(13-6-14(16,7-13)8-13)12(18)17-11-4-2-10(15)3-5-11/h2-5,9H,6-8,16H2,1H3,(H,17,18). The minimum atomic E-state index is -0.300. The second-order valence-electron chi connectivity index (χ2n) is 5.97. The number of halogens is 1. The lowest BCUT2D eigenvalue weighted by Gasteiger charge is -2.71. The fraction of sp³-hybridized carbons (Fsp3) is 0.500. The Morgan fingerprint density at radius 3 is 2.39 bits per heavy atom. The van der Waals surface area contributed by atoms with Gasteiger partial charge in [-0.25, -0.2) is 4.39 Å². The molecule has 1 amide bonds. The molecule has 3 aliphatic carbocycles. The zero-order chi connectivity index (χ0) is 13.0. The summed E-state index contributed by atoms with van der Waals surface area (Å²) in [5, 5.41) is 2.83. The molecule has 0 radical (unpaired) electrons. The Balaban J connectivity index is 1.63. The molecule has 4 rings (SSSR count). The highest BCUT2D eigenvalue weighted by Gasteiger charge is 2.68. The fourth-order valence-corrected chi connectivity index (χ4v) is 3.47. The number of nitrogens with two attached hydrogens (primary N) is 1. The molecular weight excluding hydrogens is 231 g/mol. The van der Waals surface area contributed by atoms with Crippen LogP contribution in [0.4, 0.5) is 10.1 Å². The summed E-state index contributed by atoms with van der Waals surface area (Å²) in [6, 6.07) is 5.84. The van der Waals surface area contributed by atoms with Gasteiger partial charge in [-0.15, -0.1) is 0 Å². The maximum atomic E-state index is 12.8. The minimum Gasteiger partial charge on any atom is -0.326 e. The van der Waals surface area contributed by atoms with Crippen LogP contribution < -0.4 is 11.1 Å². The van der Waals surface area contributed by atoms with Gasteiger partial charge in [-0.2, -0.15) is 0 Å². The molecular formula is C14H17FN2O. The Kier molecular flexibility index (Phi) is 2.29. The molecule has 0 aliphatic heterocycles. The normalized spacial score (nSPS) is 34.2. The van der Waals surface area contributed by atoms with E-state index >= 15 is 0 Å². The lowest BCUT2D eigenvalue weighted by Crippen LogP contribution is -2.75. The van der Waals surface area contributed by atoms with Crippen LogP contribution in [0.2, 0.25) is 0 Å². The van der Waals surface area contributed by atoms with Gasteiger partial charge in [-0.1, -0.05) is 6.92 Å². The van der Waals surface area contributed by atoms with E-state index in [2.05, 4.69) is 5.32 Å². The first-order valence-corrected chi connectivity index (χ1v) is 6.28. The molecule has 96 valence electrons. The number of hydrogen-bond acceptors (Lipinski definition) is 2. The highest BCUT2D eigenvalue weighted by atomic mass is 19.1. The average molecular weight is 248 g/mol. The molecule has 3 nitrogen and oxygen atoms in total. The number of amides is 1. The van der Waals surface area contributed by atoms with Crippen molar-refractivity contribution in [1.82, 2.24) is 0 Å². The molecule has 1 aromatic rings. The van der Waals surface area contributed by atoms with Crippen molar-refractivity contribution in [2.75, 3.05) is 5.32 Å². The van der Waals surface area contributed by atoms with Gasteiger partial charge in [0.2, 0.25) is 5.91 Å². The Morgan fingerprint density at radius 2 is 1.89 bits per heavy atom.